The first-order valence-electron chi connectivity index (χ1n) is 12.3. The van der Waals surface area contributed by atoms with Crippen LogP contribution in [0.3, 0.4) is 0 Å². The number of amides is 2. The fourth-order valence-electron chi connectivity index (χ4n) is 4.05. The lowest BCUT2D eigenvalue weighted by molar-refractivity contribution is -0.114. The van der Waals surface area contributed by atoms with Crippen molar-refractivity contribution in [1.29, 1.82) is 0 Å². The molecule has 200 valence electrons. The Balaban J connectivity index is 1.58. The van der Waals surface area contributed by atoms with E-state index in [1.807, 2.05) is 56.3 Å². The molecule has 0 bridgehead atoms. The molecule has 1 aliphatic rings. The molecule has 0 spiro atoms. The summed E-state index contributed by atoms with van der Waals surface area (Å²) in [6, 6.07) is 19.8. The minimum atomic E-state index is -0.513. The average Bonchev–Trinajstić information content (AvgIpc) is 3.22. The lowest BCUT2D eigenvalue weighted by atomic mass is 10.1. The van der Waals surface area contributed by atoms with Crippen molar-refractivity contribution in [3.8, 4) is 5.75 Å². The van der Waals surface area contributed by atoms with Crippen LogP contribution in [0.2, 0.25) is 0 Å². The van der Waals surface area contributed by atoms with Crippen molar-refractivity contribution in [2.75, 3.05) is 29.7 Å². The van der Waals surface area contributed by atoms with Crippen molar-refractivity contribution in [3.05, 3.63) is 94.7 Å². The molecule has 0 atom stereocenters. The summed E-state index contributed by atoms with van der Waals surface area (Å²) < 4.78 is 10.3. The lowest BCUT2D eigenvalue weighted by Gasteiger charge is -2.19. The first-order valence-corrected chi connectivity index (χ1v) is 13.3. The van der Waals surface area contributed by atoms with Crippen molar-refractivity contribution in [2.24, 2.45) is 4.99 Å². The first-order chi connectivity index (χ1) is 18.8. The number of hydrogen-bond donors (Lipinski definition) is 1. The van der Waals surface area contributed by atoms with Crippen LogP contribution in [0, 0.1) is 13.8 Å². The molecule has 39 heavy (non-hydrogen) atoms. The van der Waals surface area contributed by atoms with E-state index in [1.54, 1.807) is 44.4 Å². The molecule has 0 aromatic heterocycles. The molecule has 1 aliphatic heterocycles. The van der Waals surface area contributed by atoms with Gasteiger partial charge in [-0.2, -0.15) is 0 Å². The normalized spacial score (nSPS) is 13.8. The van der Waals surface area contributed by atoms with Crippen molar-refractivity contribution < 1.29 is 23.9 Å². The molecule has 1 heterocycles. The van der Waals surface area contributed by atoms with Crippen molar-refractivity contribution in [2.45, 2.75) is 20.8 Å². The smallest absolute Gasteiger partial charge is 0.340 e. The van der Waals surface area contributed by atoms with Crippen LogP contribution in [0.15, 0.2) is 77.4 Å². The Labute approximate surface area is 231 Å². The number of carbonyl (C=O) groups is 3. The number of carbonyl (C=O) groups excluding carboxylic acids is 3. The summed E-state index contributed by atoms with van der Waals surface area (Å²) in [4.78, 5) is 44.8. The molecule has 1 N–H and O–H groups in total. The first kappa shape index (κ1) is 27.7. The minimum absolute atomic E-state index is 0.0274. The fourth-order valence-corrected chi connectivity index (χ4v) is 4.87. The third kappa shape index (κ3) is 6.74. The van der Waals surface area contributed by atoms with E-state index in [-0.39, 0.29) is 35.4 Å². The summed E-state index contributed by atoms with van der Waals surface area (Å²) in [5.74, 6) is -0.463. The minimum Gasteiger partial charge on any atom is -0.497 e. The van der Waals surface area contributed by atoms with E-state index in [0.717, 1.165) is 28.5 Å². The number of ether oxygens (including phenoxy) is 2. The van der Waals surface area contributed by atoms with Crippen LogP contribution in [0.4, 0.5) is 11.4 Å². The van der Waals surface area contributed by atoms with Crippen molar-refractivity contribution in [3.63, 3.8) is 0 Å². The second-order valence-corrected chi connectivity index (χ2v) is 9.73. The quantitative estimate of drug-likeness (QED) is 0.293. The van der Waals surface area contributed by atoms with Gasteiger partial charge in [0.15, 0.2) is 5.17 Å². The molecule has 0 unspecified atom stereocenters. The Morgan fingerprint density at radius 1 is 1.03 bits per heavy atom. The highest BCUT2D eigenvalue weighted by molar-refractivity contribution is 8.14. The van der Waals surface area contributed by atoms with Crippen LogP contribution in [-0.4, -0.2) is 42.4 Å². The summed E-state index contributed by atoms with van der Waals surface area (Å²) in [5.41, 5.74) is 4.36. The number of anilines is 2. The number of hydrogen-bond acceptors (Lipinski definition) is 7. The Bertz CT molecular complexity index is 1440. The topological polar surface area (TPSA) is 97.3 Å². The van der Waals surface area contributed by atoms with E-state index < -0.39 is 5.97 Å². The number of methoxy groups -OCH3 is 1. The Morgan fingerprint density at radius 3 is 2.38 bits per heavy atom. The second-order valence-electron chi connectivity index (χ2n) is 8.79. The molecule has 0 fully saturated rings. The van der Waals surface area contributed by atoms with Gasteiger partial charge in [-0.05, 0) is 79.9 Å². The SMILES string of the molecule is CCOC(=O)c1ccccc1NC(=O)CSC1=N/C(=C\c2ccc(OC)cc2)C(=O)N1c1cc(C)cc(C)c1. The monoisotopic (exact) mass is 543 g/mol. The van der Waals surface area contributed by atoms with Gasteiger partial charge in [0.25, 0.3) is 5.91 Å². The maximum Gasteiger partial charge on any atom is 0.340 e. The Kier molecular flexibility index (Phi) is 8.83. The van der Waals surface area contributed by atoms with Crippen LogP contribution in [0.1, 0.15) is 34.0 Å². The van der Waals surface area contributed by atoms with E-state index in [0.29, 0.717) is 22.3 Å². The zero-order valence-corrected chi connectivity index (χ0v) is 23.0. The van der Waals surface area contributed by atoms with E-state index in [2.05, 4.69) is 10.3 Å². The molecule has 2 amide bonds. The number of aryl methyl sites for hydroxylation is 2. The zero-order chi connectivity index (χ0) is 27.9. The molecule has 0 saturated heterocycles. The van der Waals surface area contributed by atoms with Gasteiger partial charge in [0, 0.05) is 0 Å². The predicted molar refractivity (Wildman–Crippen MR) is 155 cm³/mol. The molecular formula is C30H29N3O5S. The van der Waals surface area contributed by atoms with Crippen molar-refractivity contribution in [1.82, 2.24) is 0 Å². The van der Waals surface area contributed by atoms with Crippen LogP contribution >= 0.6 is 11.8 Å². The van der Waals surface area contributed by atoms with Crippen LogP contribution < -0.4 is 15.0 Å². The number of thioether (sulfide) groups is 1. The number of para-hydroxylation sites is 1. The maximum atomic E-state index is 13.5. The van der Waals surface area contributed by atoms with E-state index >= 15 is 0 Å². The van der Waals surface area contributed by atoms with Gasteiger partial charge in [-0.3, -0.25) is 14.5 Å². The number of rotatable bonds is 8. The zero-order valence-electron chi connectivity index (χ0n) is 22.2. The molecule has 8 nitrogen and oxygen atoms in total. The molecular weight excluding hydrogens is 514 g/mol. The van der Waals surface area contributed by atoms with E-state index in [4.69, 9.17) is 9.47 Å². The standard InChI is InChI=1S/C30H29N3O5S/c1-5-38-29(36)24-8-6-7-9-25(24)31-27(34)18-39-30-32-26(17-21-10-12-23(37-4)13-11-21)28(35)33(30)22-15-19(2)14-20(3)16-22/h6-17H,5,18H2,1-4H3,(H,31,34)/b26-17-. The van der Waals surface area contributed by atoms with Gasteiger partial charge in [-0.1, -0.05) is 42.1 Å². The van der Waals surface area contributed by atoms with Gasteiger partial charge in [-0.15, -0.1) is 0 Å². The molecule has 0 saturated carbocycles. The van der Waals surface area contributed by atoms with Crippen LogP contribution in [0.5, 0.6) is 5.75 Å². The van der Waals surface area contributed by atoms with Gasteiger partial charge in [0.1, 0.15) is 11.4 Å². The maximum absolute atomic E-state index is 13.5. The fraction of sp³-hybridized carbons (Fsp3) is 0.200. The number of esters is 1. The summed E-state index contributed by atoms with van der Waals surface area (Å²) >= 11 is 1.14. The van der Waals surface area contributed by atoms with Gasteiger partial charge >= 0.3 is 5.97 Å². The number of benzene rings is 3. The predicted octanol–water partition coefficient (Wildman–Crippen LogP) is 5.60. The number of nitrogens with one attached hydrogen (secondary N) is 1. The Morgan fingerprint density at radius 2 is 1.72 bits per heavy atom. The Hall–Kier alpha value is -4.37. The highest BCUT2D eigenvalue weighted by Crippen LogP contribution is 2.31. The highest BCUT2D eigenvalue weighted by atomic mass is 32.2. The molecule has 4 rings (SSSR count). The summed E-state index contributed by atoms with van der Waals surface area (Å²) in [5, 5.41) is 3.16. The molecule has 3 aromatic rings. The largest absolute Gasteiger partial charge is 0.497 e. The molecule has 0 radical (unpaired) electrons. The van der Waals surface area contributed by atoms with E-state index in [1.165, 1.54) is 4.90 Å². The van der Waals surface area contributed by atoms with E-state index in [9.17, 15) is 14.4 Å². The number of amidine groups is 1. The summed E-state index contributed by atoms with van der Waals surface area (Å²) in [6.07, 6.45) is 1.71. The van der Waals surface area contributed by atoms with Crippen LogP contribution in [-0.2, 0) is 14.3 Å². The second kappa shape index (κ2) is 12.4. The summed E-state index contributed by atoms with van der Waals surface area (Å²) in [7, 11) is 1.59. The third-order valence-corrected chi connectivity index (χ3v) is 6.68. The molecule has 0 aliphatic carbocycles. The number of nitrogens with zero attached hydrogens (tertiary/aromatic N) is 2. The van der Waals surface area contributed by atoms with Gasteiger partial charge in [-0.25, -0.2) is 9.79 Å². The summed E-state index contributed by atoms with van der Waals surface area (Å²) in [6.45, 7) is 5.87. The third-order valence-electron chi connectivity index (χ3n) is 5.74. The highest BCUT2D eigenvalue weighted by Gasteiger charge is 2.32. The van der Waals surface area contributed by atoms with Crippen molar-refractivity contribution >= 4 is 52.2 Å². The molecule has 3 aromatic carbocycles. The van der Waals surface area contributed by atoms with Gasteiger partial charge in [0.05, 0.1) is 36.4 Å². The molecule has 9 heteroatoms. The van der Waals surface area contributed by atoms with Gasteiger partial charge < -0.3 is 14.8 Å². The number of aliphatic imine (C=N–C) groups is 1. The van der Waals surface area contributed by atoms with Crippen LogP contribution in [0.25, 0.3) is 6.08 Å². The average molecular weight is 544 g/mol. The lowest BCUT2D eigenvalue weighted by Crippen LogP contribution is -2.31. The van der Waals surface area contributed by atoms with Gasteiger partial charge in [0.2, 0.25) is 5.91 Å².